The normalized spacial score (nSPS) is 21.4. The van der Waals surface area contributed by atoms with Crippen LogP contribution in [-0.4, -0.2) is 9.78 Å². The Bertz CT molecular complexity index is 352. The molecule has 1 aliphatic rings. The van der Waals surface area contributed by atoms with E-state index in [2.05, 4.69) is 30.6 Å². The van der Waals surface area contributed by atoms with Gasteiger partial charge in [-0.25, -0.2) is 0 Å². The topological polar surface area (TPSA) is 55.9 Å². The molecule has 1 aromatic rings. The first-order valence-corrected chi connectivity index (χ1v) is 6.68. The van der Waals surface area contributed by atoms with Gasteiger partial charge in [0.1, 0.15) is 0 Å². The summed E-state index contributed by atoms with van der Waals surface area (Å²) in [4.78, 5) is 0. The summed E-state index contributed by atoms with van der Waals surface area (Å²) in [7, 11) is 0. The summed E-state index contributed by atoms with van der Waals surface area (Å²) in [6.07, 6.45) is 10.6. The lowest BCUT2D eigenvalue weighted by atomic mass is 9.69. The lowest BCUT2D eigenvalue weighted by Gasteiger charge is -2.40. The molecule has 0 aliphatic heterocycles. The van der Waals surface area contributed by atoms with Crippen molar-refractivity contribution in [1.29, 1.82) is 0 Å². The number of hydrazine groups is 1. The molecule has 1 heterocycles. The second-order valence-corrected chi connectivity index (χ2v) is 5.44. The van der Waals surface area contributed by atoms with Gasteiger partial charge in [-0.3, -0.25) is 16.0 Å². The van der Waals surface area contributed by atoms with Crippen molar-refractivity contribution >= 4 is 0 Å². The molecular weight excluding hydrogens is 212 g/mol. The van der Waals surface area contributed by atoms with Gasteiger partial charge >= 0.3 is 0 Å². The summed E-state index contributed by atoms with van der Waals surface area (Å²) in [5.74, 6) is 5.78. The van der Waals surface area contributed by atoms with E-state index in [1.807, 2.05) is 10.9 Å². The zero-order chi connectivity index (χ0) is 12.3. The summed E-state index contributed by atoms with van der Waals surface area (Å²) in [5.41, 5.74) is 4.51. The van der Waals surface area contributed by atoms with Crippen LogP contribution in [0, 0.1) is 5.41 Å². The molecule has 1 unspecified atom stereocenters. The van der Waals surface area contributed by atoms with Crippen LogP contribution >= 0.6 is 0 Å². The minimum atomic E-state index is 0.225. The molecule has 17 heavy (non-hydrogen) atoms. The van der Waals surface area contributed by atoms with Gasteiger partial charge in [-0.05, 0) is 25.2 Å². The van der Waals surface area contributed by atoms with E-state index in [4.69, 9.17) is 5.84 Å². The Morgan fingerprint density at radius 3 is 2.71 bits per heavy atom. The third-order valence-electron chi connectivity index (χ3n) is 4.17. The standard InChI is InChI=1S/C13H24N4/c1-3-17-10-11(9-15-17)12(16-14)13(2)7-5-4-6-8-13/h9-10,12,16H,3-8,14H2,1-2H3. The molecule has 0 amide bonds. The fourth-order valence-electron chi connectivity index (χ4n) is 3.05. The molecule has 0 aromatic carbocycles. The van der Waals surface area contributed by atoms with Crippen LogP contribution in [0.2, 0.25) is 0 Å². The van der Waals surface area contributed by atoms with E-state index >= 15 is 0 Å². The zero-order valence-corrected chi connectivity index (χ0v) is 10.9. The average molecular weight is 236 g/mol. The molecule has 2 rings (SSSR count). The van der Waals surface area contributed by atoms with Crippen LogP contribution in [0.1, 0.15) is 57.6 Å². The first-order chi connectivity index (χ1) is 8.19. The lowest BCUT2D eigenvalue weighted by molar-refractivity contribution is 0.145. The fourth-order valence-corrected chi connectivity index (χ4v) is 3.05. The second-order valence-electron chi connectivity index (χ2n) is 5.44. The quantitative estimate of drug-likeness (QED) is 0.623. The second kappa shape index (κ2) is 5.19. The van der Waals surface area contributed by atoms with Crippen molar-refractivity contribution in [3.05, 3.63) is 18.0 Å². The average Bonchev–Trinajstić information content (AvgIpc) is 2.79. The Labute approximate surface area is 104 Å². The SMILES string of the molecule is CCn1cc(C(NN)C2(C)CCCCC2)cn1. The molecule has 1 aromatic heterocycles. The molecule has 1 fully saturated rings. The molecule has 4 nitrogen and oxygen atoms in total. The molecule has 4 heteroatoms. The molecule has 0 bridgehead atoms. The third-order valence-corrected chi connectivity index (χ3v) is 4.17. The molecule has 0 spiro atoms. The van der Waals surface area contributed by atoms with Gasteiger partial charge in [0.15, 0.2) is 0 Å². The van der Waals surface area contributed by atoms with Crippen LogP contribution in [0.3, 0.4) is 0 Å². The number of hydrogen-bond acceptors (Lipinski definition) is 3. The third kappa shape index (κ3) is 2.53. The van der Waals surface area contributed by atoms with Crippen molar-refractivity contribution in [2.75, 3.05) is 0 Å². The monoisotopic (exact) mass is 236 g/mol. The summed E-state index contributed by atoms with van der Waals surface area (Å²) in [6, 6.07) is 0.225. The number of rotatable bonds is 4. The zero-order valence-electron chi connectivity index (χ0n) is 10.9. The van der Waals surface area contributed by atoms with Gasteiger partial charge in [-0.2, -0.15) is 5.10 Å². The van der Waals surface area contributed by atoms with E-state index in [9.17, 15) is 0 Å². The predicted molar refractivity (Wildman–Crippen MR) is 69.2 cm³/mol. The number of hydrogen-bond donors (Lipinski definition) is 2. The highest BCUT2D eigenvalue weighted by Gasteiger charge is 2.36. The Hall–Kier alpha value is -0.870. The highest BCUT2D eigenvalue weighted by molar-refractivity contribution is 5.14. The molecule has 96 valence electrons. The van der Waals surface area contributed by atoms with Crippen LogP contribution in [0.15, 0.2) is 12.4 Å². The van der Waals surface area contributed by atoms with Crippen molar-refractivity contribution < 1.29 is 0 Å². The Balaban J connectivity index is 2.19. The summed E-state index contributed by atoms with van der Waals surface area (Å²) in [5, 5.41) is 4.35. The van der Waals surface area contributed by atoms with Crippen molar-refractivity contribution in [3.8, 4) is 0 Å². The summed E-state index contributed by atoms with van der Waals surface area (Å²) in [6.45, 7) is 5.36. The Kier molecular flexibility index (Phi) is 3.84. The van der Waals surface area contributed by atoms with E-state index in [0.717, 1.165) is 6.54 Å². The van der Waals surface area contributed by atoms with Crippen LogP contribution in [0.5, 0.6) is 0 Å². The molecule has 3 N–H and O–H groups in total. The molecule has 1 saturated carbocycles. The van der Waals surface area contributed by atoms with Gasteiger partial charge in [-0.1, -0.05) is 26.2 Å². The highest BCUT2D eigenvalue weighted by atomic mass is 15.3. The maximum Gasteiger partial charge on any atom is 0.0544 e. The minimum absolute atomic E-state index is 0.225. The maximum atomic E-state index is 5.78. The van der Waals surface area contributed by atoms with E-state index in [0.29, 0.717) is 0 Å². The highest BCUT2D eigenvalue weighted by Crippen LogP contribution is 2.45. The predicted octanol–water partition coefficient (Wildman–Crippen LogP) is 2.38. The van der Waals surface area contributed by atoms with Gasteiger partial charge in [-0.15, -0.1) is 0 Å². The molecule has 0 radical (unpaired) electrons. The number of aromatic nitrogens is 2. The van der Waals surface area contributed by atoms with Gasteiger partial charge < -0.3 is 0 Å². The van der Waals surface area contributed by atoms with E-state index < -0.39 is 0 Å². The maximum absolute atomic E-state index is 5.78. The van der Waals surface area contributed by atoms with Gasteiger partial charge in [0.25, 0.3) is 0 Å². The van der Waals surface area contributed by atoms with Crippen LogP contribution in [-0.2, 0) is 6.54 Å². The Morgan fingerprint density at radius 2 is 2.18 bits per heavy atom. The molecule has 1 aliphatic carbocycles. The van der Waals surface area contributed by atoms with Crippen LogP contribution in [0.25, 0.3) is 0 Å². The van der Waals surface area contributed by atoms with Crippen LogP contribution < -0.4 is 11.3 Å². The van der Waals surface area contributed by atoms with Crippen molar-refractivity contribution in [3.63, 3.8) is 0 Å². The van der Waals surface area contributed by atoms with Crippen molar-refractivity contribution in [2.45, 2.75) is 58.5 Å². The number of nitrogens with one attached hydrogen (secondary N) is 1. The summed E-state index contributed by atoms with van der Waals surface area (Å²) < 4.78 is 1.96. The van der Waals surface area contributed by atoms with Crippen LogP contribution in [0.4, 0.5) is 0 Å². The molecule has 1 atom stereocenters. The Morgan fingerprint density at radius 1 is 1.47 bits per heavy atom. The van der Waals surface area contributed by atoms with Gasteiger partial charge in [0.2, 0.25) is 0 Å². The van der Waals surface area contributed by atoms with Crippen molar-refractivity contribution in [1.82, 2.24) is 15.2 Å². The first-order valence-electron chi connectivity index (χ1n) is 6.68. The van der Waals surface area contributed by atoms with Gasteiger partial charge in [0.05, 0.1) is 12.2 Å². The fraction of sp³-hybridized carbons (Fsp3) is 0.769. The molecular formula is C13H24N4. The summed E-state index contributed by atoms with van der Waals surface area (Å²) >= 11 is 0. The number of nitrogens with two attached hydrogens (primary N) is 1. The van der Waals surface area contributed by atoms with E-state index in [-0.39, 0.29) is 11.5 Å². The first kappa shape index (κ1) is 12.6. The minimum Gasteiger partial charge on any atom is -0.273 e. The largest absolute Gasteiger partial charge is 0.273 e. The van der Waals surface area contributed by atoms with Gasteiger partial charge in [0, 0.05) is 18.3 Å². The van der Waals surface area contributed by atoms with E-state index in [1.165, 1.54) is 37.7 Å². The lowest BCUT2D eigenvalue weighted by Crippen LogP contribution is -2.41. The number of aryl methyl sites for hydroxylation is 1. The smallest absolute Gasteiger partial charge is 0.0544 e. The van der Waals surface area contributed by atoms with E-state index in [1.54, 1.807) is 0 Å². The van der Waals surface area contributed by atoms with Crippen molar-refractivity contribution in [2.24, 2.45) is 11.3 Å². The molecule has 0 saturated heterocycles. The number of nitrogens with zero attached hydrogens (tertiary/aromatic N) is 2.